The Kier molecular flexibility index (Phi) is 6.75. The first-order valence-corrected chi connectivity index (χ1v) is 9.32. The first kappa shape index (κ1) is 19.8. The Morgan fingerprint density at radius 2 is 1.41 bits per heavy atom. The van der Waals surface area contributed by atoms with Crippen LogP contribution in [0.15, 0.2) is 84.9 Å². The van der Waals surface area contributed by atoms with E-state index in [1.807, 2.05) is 66.7 Å². The number of carbonyl (C=O) groups excluding carboxylic acids is 2. The minimum Gasteiger partial charge on any atom is -0.350 e. The van der Waals surface area contributed by atoms with Crippen LogP contribution in [0.25, 0.3) is 0 Å². The SMILES string of the molecule is N#Cc1ccc(C(=O)NC(Cc2ccccc2)C(=O)NCc2ccccc2)cc1. The third-order valence-corrected chi connectivity index (χ3v) is 4.49. The lowest BCUT2D eigenvalue weighted by atomic mass is 10.0. The summed E-state index contributed by atoms with van der Waals surface area (Å²) in [6.07, 6.45) is 0.378. The van der Waals surface area contributed by atoms with E-state index in [9.17, 15) is 9.59 Å². The van der Waals surface area contributed by atoms with E-state index in [0.717, 1.165) is 11.1 Å². The van der Waals surface area contributed by atoms with Gasteiger partial charge in [0, 0.05) is 18.5 Å². The first-order chi connectivity index (χ1) is 14.2. The molecule has 0 bridgehead atoms. The average molecular weight is 383 g/mol. The van der Waals surface area contributed by atoms with Crippen LogP contribution in [0.3, 0.4) is 0 Å². The van der Waals surface area contributed by atoms with Crippen LogP contribution in [0, 0.1) is 11.3 Å². The van der Waals surface area contributed by atoms with Gasteiger partial charge in [-0.05, 0) is 35.4 Å². The van der Waals surface area contributed by atoms with E-state index in [2.05, 4.69) is 10.6 Å². The van der Waals surface area contributed by atoms with Gasteiger partial charge in [0.1, 0.15) is 6.04 Å². The van der Waals surface area contributed by atoms with Crippen molar-refractivity contribution in [2.75, 3.05) is 0 Å². The number of amides is 2. The molecule has 3 aromatic rings. The number of hydrogen-bond donors (Lipinski definition) is 2. The standard InChI is InChI=1S/C24H21N3O2/c25-16-19-11-13-21(14-12-19)23(28)27-22(15-18-7-3-1-4-8-18)24(29)26-17-20-9-5-2-6-10-20/h1-14,22H,15,17H2,(H,26,29)(H,27,28). The van der Waals surface area contributed by atoms with Crippen LogP contribution in [0.5, 0.6) is 0 Å². The Bertz CT molecular complexity index is 994. The number of carbonyl (C=O) groups is 2. The highest BCUT2D eigenvalue weighted by atomic mass is 16.2. The molecule has 1 unspecified atom stereocenters. The second kappa shape index (κ2) is 9.86. The molecule has 3 aromatic carbocycles. The van der Waals surface area contributed by atoms with Crippen molar-refractivity contribution in [3.63, 3.8) is 0 Å². The number of rotatable bonds is 7. The number of nitrogens with one attached hydrogen (secondary N) is 2. The second-order valence-corrected chi connectivity index (χ2v) is 6.61. The lowest BCUT2D eigenvalue weighted by Gasteiger charge is -2.19. The molecule has 0 radical (unpaired) electrons. The molecule has 0 aromatic heterocycles. The van der Waals surface area contributed by atoms with E-state index >= 15 is 0 Å². The summed E-state index contributed by atoms with van der Waals surface area (Å²) >= 11 is 0. The summed E-state index contributed by atoms with van der Waals surface area (Å²) < 4.78 is 0. The highest BCUT2D eigenvalue weighted by molar-refractivity contribution is 5.97. The number of nitriles is 1. The van der Waals surface area contributed by atoms with Crippen molar-refractivity contribution in [2.45, 2.75) is 19.0 Å². The monoisotopic (exact) mass is 383 g/mol. The molecule has 0 aliphatic carbocycles. The molecule has 29 heavy (non-hydrogen) atoms. The fourth-order valence-electron chi connectivity index (χ4n) is 2.91. The van der Waals surface area contributed by atoms with Crippen molar-refractivity contribution in [3.8, 4) is 6.07 Å². The van der Waals surface area contributed by atoms with Gasteiger partial charge >= 0.3 is 0 Å². The molecule has 0 aliphatic heterocycles. The minimum absolute atomic E-state index is 0.250. The van der Waals surface area contributed by atoms with Gasteiger partial charge in [0.2, 0.25) is 5.91 Å². The molecular formula is C24H21N3O2. The summed E-state index contributed by atoms with van der Waals surface area (Å²) in [7, 11) is 0. The maximum atomic E-state index is 12.8. The van der Waals surface area contributed by atoms with Gasteiger partial charge in [-0.25, -0.2) is 0 Å². The normalized spacial score (nSPS) is 11.1. The lowest BCUT2D eigenvalue weighted by molar-refractivity contribution is -0.123. The quantitative estimate of drug-likeness (QED) is 0.657. The van der Waals surface area contributed by atoms with E-state index in [4.69, 9.17) is 5.26 Å². The molecule has 1 atom stereocenters. The van der Waals surface area contributed by atoms with Crippen molar-refractivity contribution in [2.24, 2.45) is 0 Å². The van der Waals surface area contributed by atoms with Crippen molar-refractivity contribution < 1.29 is 9.59 Å². The summed E-state index contributed by atoms with van der Waals surface area (Å²) in [5.74, 6) is -0.606. The van der Waals surface area contributed by atoms with Crippen LogP contribution in [-0.2, 0) is 17.8 Å². The Labute approximate surface area is 170 Å². The highest BCUT2D eigenvalue weighted by Gasteiger charge is 2.21. The van der Waals surface area contributed by atoms with Crippen LogP contribution < -0.4 is 10.6 Å². The Balaban J connectivity index is 1.71. The Hall–Kier alpha value is -3.91. The number of nitrogens with zero attached hydrogens (tertiary/aromatic N) is 1. The van der Waals surface area contributed by atoms with E-state index < -0.39 is 6.04 Å². The molecule has 2 amide bonds. The van der Waals surface area contributed by atoms with E-state index in [0.29, 0.717) is 24.1 Å². The summed E-state index contributed by atoms with van der Waals surface area (Å²) in [4.78, 5) is 25.5. The van der Waals surface area contributed by atoms with Crippen LogP contribution >= 0.6 is 0 Å². The average Bonchev–Trinajstić information content (AvgIpc) is 2.78. The molecule has 0 saturated carbocycles. The maximum absolute atomic E-state index is 12.8. The summed E-state index contributed by atoms with van der Waals surface area (Å²) in [6.45, 7) is 0.387. The molecule has 3 rings (SSSR count). The highest BCUT2D eigenvalue weighted by Crippen LogP contribution is 2.08. The maximum Gasteiger partial charge on any atom is 0.251 e. The largest absolute Gasteiger partial charge is 0.350 e. The van der Waals surface area contributed by atoms with Crippen molar-refractivity contribution in [3.05, 3.63) is 107 Å². The van der Waals surface area contributed by atoms with Crippen LogP contribution in [0.1, 0.15) is 27.0 Å². The van der Waals surface area contributed by atoms with Crippen LogP contribution in [0.4, 0.5) is 0 Å². The smallest absolute Gasteiger partial charge is 0.251 e. The second-order valence-electron chi connectivity index (χ2n) is 6.61. The van der Waals surface area contributed by atoms with Crippen molar-refractivity contribution in [1.29, 1.82) is 5.26 Å². The Morgan fingerprint density at radius 1 is 0.828 bits per heavy atom. The molecule has 2 N–H and O–H groups in total. The molecule has 0 saturated heterocycles. The molecule has 0 fully saturated rings. The van der Waals surface area contributed by atoms with Gasteiger partial charge in [0.05, 0.1) is 11.6 Å². The van der Waals surface area contributed by atoms with Gasteiger partial charge in [-0.1, -0.05) is 60.7 Å². The third-order valence-electron chi connectivity index (χ3n) is 4.49. The summed E-state index contributed by atoms with van der Waals surface area (Å²) in [5, 5.41) is 14.6. The van der Waals surface area contributed by atoms with Crippen molar-refractivity contribution in [1.82, 2.24) is 10.6 Å². The zero-order valence-corrected chi connectivity index (χ0v) is 15.8. The molecular weight excluding hydrogens is 362 g/mol. The zero-order valence-electron chi connectivity index (χ0n) is 15.8. The molecule has 0 aliphatic rings. The Morgan fingerprint density at radius 3 is 2.00 bits per heavy atom. The van der Waals surface area contributed by atoms with E-state index in [-0.39, 0.29) is 11.8 Å². The minimum atomic E-state index is -0.718. The van der Waals surface area contributed by atoms with Gasteiger partial charge < -0.3 is 10.6 Å². The predicted molar refractivity (Wildman–Crippen MR) is 111 cm³/mol. The fourth-order valence-corrected chi connectivity index (χ4v) is 2.91. The molecule has 0 heterocycles. The van der Waals surface area contributed by atoms with Crippen LogP contribution in [-0.4, -0.2) is 17.9 Å². The van der Waals surface area contributed by atoms with Gasteiger partial charge in [-0.15, -0.1) is 0 Å². The van der Waals surface area contributed by atoms with Gasteiger partial charge in [-0.3, -0.25) is 9.59 Å². The van der Waals surface area contributed by atoms with E-state index in [1.165, 1.54) is 0 Å². The number of benzene rings is 3. The van der Waals surface area contributed by atoms with Gasteiger partial charge in [0.25, 0.3) is 5.91 Å². The third kappa shape index (κ3) is 5.78. The zero-order chi connectivity index (χ0) is 20.5. The summed E-state index contributed by atoms with van der Waals surface area (Å²) in [6, 6.07) is 26.8. The molecule has 5 nitrogen and oxygen atoms in total. The summed E-state index contributed by atoms with van der Waals surface area (Å²) in [5.41, 5.74) is 2.81. The molecule has 0 spiro atoms. The molecule has 144 valence electrons. The topological polar surface area (TPSA) is 82.0 Å². The fraction of sp³-hybridized carbons (Fsp3) is 0.125. The van der Waals surface area contributed by atoms with E-state index in [1.54, 1.807) is 24.3 Å². The predicted octanol–water partition coefficient (Wildman–Crippen LogP) is 3.22. The lowest BCUT2D eigenvalue weighted by Crippen LogP contribution is -2.47. The first-order valence-electron chi connectivity index (χ1n) is 9.32. The van der Waals surface area contributed by atoms with Gasteiger partial charge in [0.15, 0.2) is 0 Å². The number of hydrogen-bond acceptors (Lipinski definition) is 3. The van der Waals surface area contributed by atoms with Gasteiger partial charge in [-0.2, -0.15) is 5.26 Å². The van der Waals surface area contributed by atoms with Crippen molar-refractivity contribution >= 4 is 11.8 Å². The van der Waals surface area contributed by atoms with Crippen LogP contribution in [0.2, 0.25) is 0 Å². The molecule has 5 heteroatoms.